The molecule has 2 N–H and O–H groups in total. The Hall–Kier alpha value is -1.06. The van der Waals surface area contributed by atoms with E-state index in [2.05, 4.69) is 12.2 Å². The highest BCUT2D eigenvalue weighted by Crippen LogP contribution is 2.12. The summed E-state index contributed by atoms with van der Waals surface area (Å²) in [5, 5.41) is 11.7. The number of nitrogens with one attached hydrogen (secondary N) is 1. The van der Waals surface area contributed by atoms with E-state index in [1.165, 1.54) is 57.8 Å². The van der Waals surface area contributed by atoms with E-state index in [-0.39, 0.29) is 11.8 Å². The van der Waals surface area contributed by atoms with Gasteiger partial charge in [-0.05, 0) is 12.3 Å². The molecule has 1 atom stereocenters. The van der Waals surface area contributed by atoms with Crippen LogP contribution >= 0.6 is 0 Å². The number of carboxylic acids is 1. The fourth-order valence-electron chi connectivity index (χ4n) is 2.71. The Bertz CT molecular complexity index is 316. The maximum absolute atomic E-state index is 11.7. The van der Waals surface area contributed by atoms with Crippen LogP contribution in [0.4, 0.5) is 0 Å². The molecular weight excluding hydrogens is 290 g/mol. The second kappa shape index (κ2) is 14.5. The molecular formula is C19H37NO3. The summed E-state index contributed by atoms with van der Waals surface area (Å²) in [7, 11) is 0. The van der Waals surface area contributed by atoms with Gasteiger partial charge in [0.25, 0.3) is 0 Å². The smallest absolute Gasteiger partial charge is 0.326 e. The van der Waals surface area contributed by atoms with Gasteiger partial charge in [0, 0.05) is 6.42 Å². The number of hydrogen-bond donors (Lipinski definition) is 2. The van der Waals surface area contributed by atoms with E-state index in [1.54, 1.807) is 13.8 Å². The Kier molecular flexibility index (Phi) is 13.9. The lowest BCUT2D eigenvalue weighted by molar-refractivity contribution is -0.143. The number of hydrogen-bond acceptors (Lipinski definition) is 2. The van der Waals surface area contributed by atoms with Gasteiger partial charge in [0.2, 0.25) is 5.91 Å². The summed E-state index contributed by atoms with van der Waals surface area (Å²) in [6, 6.07) is -0.768. The topological polar surface area (TPSA) is 66.4 Å². The van der Waals surface area contributed by atoms with Crippen LogP contribution in [0.25, 0.3) is 0 Å². The van der Waals surface area contributed by atoms with Crippen molar-refractivity contribution in [3.05, 3.63) is 0 Å². The van der Waals surface area contributed by atoms with Crippen molar-refractivity contribution in [2.45, 2.75) is 104 Å². The summed E-state index contributed by atoms with van der Waals surface area (Å²) in [5.74, 6) is -1.18. The molecule has 0 aliphatic carbocycles. The van der Waals surface area contributed by atoms with Crippen LogP contribution in [0.15, 0.2) is 0 Å². The van der Waals surface area contributed by atoms with Crippen LogP contribution in [0.2, 0.25) is 0 Å². The van der Waals surface area contributed by atoms with Crippen LogP contribution in [-0.4, -0.2) is 23.0 Å². The first-order valence-electron chi connectivity index (χ1n) is 9.51. The minimum Gasteiger partial charge on any atom is -0.480 e. The first-order valence-corrected chi connectivity index (χ1v) is 9.51. The lowest BCUT2D eigenvalue weighted by Gasteiger charge is -2.17. The summed E-state index contributed by atoms with van der Waals surface area (Å²) >= 11 is 0. The van der Waals surface area contributed by atoms with Crippen molar-refractivity contribution < 1.29 is 14.7 Å². The van der Waals surface area contributed by atoms with Crippen LogP contribution in [0.5, 0.6) is 0 Å². The number of aliphatic carboxylic acids is 1. The van der Waals surface area contributed by atoms with Crippen LogP contribution in [-0.2, 0) is 9.59 Å². The lowest BCUT2D eigenvalue weighted by Crippen LogP contribution is -2.44. The third-order valence-electron chi connectivity index (χ3n) is 4.26. The highest BCUT2D eigenvalue weighted by molar-refractivity contribution is 5.83. The van der Waals surface area contributed by atoms with Crippen LogP contribution in [0.3, 0.4) is 0 Å². The Morgan fingerprint density at radius 3 is 1.65 bits per heavy atom. The van der Waals surface area contributed by atoms with Gasteiger partial charge in [-0.25, -0.2) is 4.79 Å². The highest BCUT2D eigenvalue weighted by atomic mass is 16.4. The van der Waals surface area contributed by atoms with Crippen molar-refractivity contribution in [2.75, 3.05) is 0 Å². The van der Waals surface area contributed by atoms with Gasteiger partial charge in [0.1, 0.15) is 6.04 Å². The molecule has 1 unspecified atom stereocenters. The quantitative estimate of drug-likeness (QED) is 0.420. The molecule has 0 radical (unpaired) electrons. The zero-order valence-electron chi connectivity index (χ0n) is 15.4. The number of carbonyl (C=O) groups excluding carboxylic acids is 1. The van der Waals surface area contributed by atoms with E-state index in [0.717, 1.165) is 12.8 Å². The molecule has 23 heavy (non-hydrogen) atoms. The Balaban J connectivity index is 3.47. The van der Waals surface area contributed by atoms with Gasteiger partial charge in [0.05, 0.1) is 0 Å². The van der Waals surface area contributed by atoms with Crippen LogP contribution < -0.4 is 5.32 Å². The zero-order chi connectivity index (χ0) is 17.5. The Labute approximate surface area is 142 Å². The van der Waals surface area contributed by atoms with Crippen molar-refractivity contribution in [3.63, 3.8) is 0 Å². The molecule has 0 rings (SSSR count). The van der Waals surface area contributed by atoms with Gasteiger partial charge in [-0.15, -0.1) is 0 Å². The predicted octanol–water partition coefficient (Wildman–Crippen LogP) is 4.91. The molecule has 0 spiro atoms. The number of carboxylic acid groups (broad SMARTS) is 1. The van der Waals surface area contributed by atoms with Crippen molar-refractivity contribution in [3.8, 4) is 0 Å². The Morgan fingerprint density at radius 1 is 0.826 bits per heavy atom. The monoisotopic (exact) mass is 327 g/mol. The van der Waals surface area contributed by atoms with E-state index in [4.69, 9.17) is 5.11 Å². The molecule has 0 heterocycles. The third kappa shape index (κ3) is 13.1. The van der Waals surface area contributed by atoms with Crippen molar-refractivity contribution in [2.24, 2.45) is 5.92 Å². The van der Waals surface area contributed by atoms with Crippen LogP contribution in [0, 0.1) is 5.92 Å². The largest absolute Gasteiger partial charge is 0.480 e. The zero-order valence-corrected chi connectivity index (χ0v) is 15.4. The standard InChI is InChI=1S/C19H37NO3/c1-4-5-6-7-8-9-10-11-12-13-14-15-17(21)20-18(16(2)3)19(22)23/h16,18H,4-15H2,1-3H3,(H,20,21)(H,22,23). The third-order valence-corrected chi connectivity index (χ3v) is 4.26. The molecule has 136 valence electrons. The molecule has 0 saturated heterocycles. The summed E-state index contributed by atoms with van der Waals surface area (Å²) in [4.78, 5) is 22.8. The van der Waals surface area contributed by atoms with Gasteiger partial charge < -0.3 is 10.4 Å². The van der Waals surface area contributed by atoms with Crippen LogP contribution in [0.1, 0.15) is 97.8 Å². The Morgan fingerprint density at radius 2 is 1.26 bits per heavy atom. The minimum atomic E-state index is -0.952. The van der Waals surface area contributed by atoms with Gasteiger partial charge >= 0.3 is 5.97 Å². The number of amides is 1. The predicted molar refractivity (Wildman–Crippen MR) is 95.5 cm³/mol. The maximum Gasteiger partial charge on any atom is 0.326 e. The van der Waals surface area contributed by atoms with E-state index in [0.29, 0.717) is 6.42 Å². The number of rotatable bonds is 15. The molecule has 0 aliphatic heterocycles. The first kappa shape index (κ1) is 21.9. The van der Waals surface area contributed by atoms with Gasteiger partial charge in [-0.2, -0.15) is 0 Å². The molecule has 1 amide bonds. The first-order chi connectivity index (χ1) is 11.0. The van der Waals surface area contributed by atoms with E-state index in [1.807, 2.05) is 0 Å². The van der Waals surface area contributed by atoms with Gasteiger partial charge in [-0.3, -0.25) is 4.79 Å². The molecule has 0 bridgehead atoms. The fraction of sp³-hybridized carbons (Fsp3) is 0.895. The highest BCUT2D eigenvalue weighted by Gasteiger charge is 2.22. The second-order valence-corrected chi connectivity index (χ2v) is 6.91. The molecule has 0 aliphatic rings. The summed E-state index contributed by atoms with van der Waals surface area (Å²) < 4.78 is 0. The maximum atomic E-state index is 11.7. The average molecular weight is 328 g/mol. The van der Waals surface area contributed by atoms with Crippen molar-refractivity contribution in [1.29, 1.82) is 0 Å². The fourth-order valence-corrected chi connectivity index (χ4v) is 2.71. The minimum absolute atomic E-state index is 0.0891. The van der Waals surface area contributed by atoms with Gasteiger partial charge in [0.15, 0.2) is 0 Å². The lowest BCUT2D eigenvalue weighted by atomic mass is 10.0. The van der Waals surface area contributed by atoms with E-state index >= 15 is 0 Å². The summed E-state index contributed by atoms with van der Waals surface area (Å²) in [5.41, 5.74) is 0. The molecule has 0 aromatic carbocycles. The van der Waals surface area contributed by atoms with Gasteiger partial charge in [-0.1, -0.05) is 85.0 Å². The molecule has 4 heteroatoms. The van der Waals surface area contributed by atoms with E-state index < -0.39 is 12.0 Å². The van der Waals surface area contributed by atoms with E-state index in [9.17, 15) is 9.59 Å². The summed E-state index contributed by atoms with van der Waals surface area (Å²) in [6.45, 7) is 5.85. The van der Waals surface area contributed by atoms with Crippen molar-refractivity contribution >= 4 is 11.9 Å². The average Bonchev–Trinajstić information content (AvgIpc) is 2.49. The SMILES string of the molecule is CCCCCCCCCCCCCC(=O)NC(C(=O)O)C(C)C. The molecule has 0 saturated carbocycles. The summed E-state index contributed by atoms with van der Waals surface area (Å²) in [6.07, 6.45) is 14.2. The molecule has 4 nitrogen and oxygen atoms in total. The second-order valence-electron chi connectivity index (χ2n) is 6.91. The van der Waals surface area contributed by atoms with Crippen molar-refractivity contribution in [1.82, 2.24) is 5.32 Å². The number of carbonyl (C=O) groups is 2. The normalized spacial score (nSPS) is 12.3. The molecule has 0 aromatic rings. The molecule has 0 aromatic heterocycles. The molecule has 0 fully saturated rings. The number of unbranched alkanes of at least 4 members (excludes halogenated alkanes) is 10.